The van der Waals surface area contributed by atoms with Gasteiger partial charge in [0.1, 0.15) is 6.54 Å². The molecule has 196 valence electrons. The van der Waals surface area contributed by atoms with Crippen LogP contribution in [0.2, 0.25) is 15.1 Å². The molecule has 0 aliphatic heterocycles. The summed E-state index contributed by atoms with van der Waals surface area (Å²) in [5.74, 6) is -0.650. The zero-order chi connectivity index (χ0) is 27.4. The maximum atomic E-state index is 13.4. The molecule has 38 heavy (non-hydrogen) atoms. The molecule has 0 fully saturated rings. The van der Waals surface area contributed by atoms with Gasteiger partial charge in [0, 0.05) is 37.7 Å². The summed E-state index contributed by atoms with van der Waals surface area (Å²) >= 11 is 18.3. The monoisotopic (exact) mass is 588 g/mol. The molecule has 0 spiro atoms. The quantitative estimate of drug-likeness (QED) is 0.191. The Morgan fingerprint density at radius 2 is 1.55 bits per heavy atom. The molecule has 4 rings (SSSR count). The fourth-order valence-corrected chi connectivity index (χ4v) is 6.03. The summed E-state index contributed by atoms with van der Waals surface area (Å²) in [6.07, 6.45) is 1.51. The molecule has 0 saturated heterocycles. The molecule has 1 heterocycles. The van der Waals surface area contributed by atoms with Crippen LogP contribution >= 0.6 is 34.8 Å². The number of carbonyl (C=O) groups is 1. The highest BCUT2D eigenvalue weighted by molar-refractivity contribution is 7.92. The van der Waals surface area contributed by atoms with E-state index in [-0.39, 0.29) is 20.6 Å². The number of benzene rings is 3. The lowest BCUT2D eigenvalue weighted by molar-refractivity contribution is -0.119. The average Bonchev–Trinajstić information content (AvgIpc) is 3.15. The molecule has 0 bridgehead atoms. The van der Waals surface area contributed by atoms with E-state index < -0.39 is 22.5 Å². The van der Waals surface area contributed by atoms with E-state index >= 15 is 0 Å². The lowest BCUT2D eigenvalue weighted by Gasteiger charge is -2.24. The largest absolute Gasteiger partial charge is 0.318 e. The first kappa shape index (κ1) is 27.7. The molecular formula is C27H23Cl3N4O3S. The number of hydrogen-bond acceptors (Lipinski definition) is 4. The number of hydrogen-bond donors (Lipinski definition) is 1. The normalized spacial score (nSPS) is 11.6. The summed E-state index contributed by atoms with van der Waals surface area (Å²) in [6, 6.07) is 21.5. The van der Waals surface area contributed by atoms with Crippen LogP contribution in [0.25, 0.3) is 5.69 Å². The van der Waals surface area contributed by atoms with Gasteiger partial charge in [0.05, 0.1) is 16.8 Å². The maximum absolute atomic E-state index is 13.4. The summed E-state index contributed by atoms with van der Waals surface area (Å²) in [5, 5.41) is 5.17. The Morgan fingerprint density at radius 3 is 2.18 bits per heavy atom. The summed E-state index contributed by atoms with van der Waals surface area (Å²) in [6.45, 7) is 3.34. The van der Waals surface area contributed by atoms with Crippen LogP contribution in [0.1, 0.15) is 17.0 Å². The summed E-state index contributed by atoms with van der Waals surface area (Å²) < 4.78 is 29.9. The van der Waals surface area contributed by atoms with Crippen molar-refractivity contribution in [2.45, 2.75) is 18.7 Å². The number of aromatic nitrogens is 1. The molecule has 1 N–H and O–H groups in total. The molecule has 4 aromatic rings. The second-order valence-electron chi connectivity index (χ2n) is 8.38. The number of nitrogens with zero attached hydrogens (tertiary/aromatic N) is 3. The zero-order valence-corrected chi connectivity index (χ0v) is 23.5. The predicted molar refractivity (Wildman–Crippen MR) is 153 cm³/mol. The lowest BCUT2D eigenvalue weighted by Crippen LogP contribution is -2.39. The van der Waals surface area contributed by atoms with Crippen molar-refractivity contribution in [3.8, 4) is 5.69 Å². The smallest absolute Gasteiger partial charge is 0.264 e. The van der Waals surface area contributed by atoms with E-state index in [1.807, 2.05) is 48.7 Å². The van der Waals surface area contributed by atoms with Gasteiger partial charge in [-0.15, -0.1) is 0 Å². The number of hydrazone groups is 1. The van der Waals surface area contributed by atoms with Crippen LogP contribution in [0.5, 0.6) is 0 Å². The van der Waals surface area contributed by atoms with Crippen LogP contribution in [0, 0.1) is 13.8 Å². The third-order valence-electron chi connectivity index (χ3n) is 5.70. The summed E-state index contributed by atoms with van der Waals surface area (Å²) in [7, 11) is -4.11. The van der Waals surface area contributed by atoms with E-state index in [0.29, 0.717) is 5.02 Å². The molecule has 1 aromatic heterocycles. The van der Waals surface area contributed by atoms with Crippen LogP contribution in [0.3, 0.4) is 0 Å². The minimum Gasteiger partial charge on any atom is -0.318 e. The number of anilines is 1. The minimum absolute atomic E-state index is 0.0158. The van der Waals surface area contributed by atoms with Gasteiger partial charge in [0.2, 0.25) is 0 Å². The van der Waals surface area contributed by atoms with Gasteiger partial charge in [0.25, 0.3) is 15.9 Å². The Bertz CT molecular complexity index is 1580. The SMILES string of the molecule is Cc1cc(/C=N\NC(=O)CN(c2cc(Cl)cc(Cl)c2)S(=O)(=O)c2ccccc2)c(C)n1-c1ccc(Cl)cc1. The van der Waals surface area contributed by atoms with Gasteiger partial charge in [-0.05, 0) is 74.5 Å². The van der Waals surface area contributed by atoms with E-state index in [4.69, 9.17) is 34.8 Å². The highest BCUT2D eigenvalue weighted by Crippen LogP contribution is 2.29. The Morgan fingerprint density at radius 1 is 0.921 bits per heavy atom. The molecule has 0 aliphatic rings. The van der Waals surface area contributed by atoms with Gasteiger partial charge in [-0.25, -0.2) is 13.8 Å². The molecule has 0 saturated carbocycles. The van der Waals surface area contributed by atoms with Crippen molar-refractivity contribution in [2.24, 2.45) is 5.10 Å². The Balaban J connectivity index is 1.56. The average molecular weight is 590 g/mol. The number of sulfonamides is 1. The third kappa shape index (κ3) is 6.22. The number of carbonyl (C=O) groups excluding carboxylic acids is 1. The van der Waals surface area contributed by atoms with Gasteiger partial charge < -0.3 is 4.57 Å². The van der Waals surface area contributed by atoms with Crippen LogP contribution < -0.4 is 9.73 Å². The Labute approximate surface area is 236 Å². The van der Waals surface area contributed by atoms with Gasteiger partial charge in [-0.1, -0.05) is 53.0 Å². The number of rotatable bonds is 8. The molecule has 3 aromatic carbocycles. The van der Waals surface area contributed by atoms with Gasteiger partial charge in [-0.2, -0.15) is 5.10 Å². The van der Waals surface area contributed by atoms with Crippen molar-refractivity contribution < 1.29 is 13.2 Å². The molecule has 11 heteroatoms. The Kier molecular flexibility index (Phi) is 8.47. The van der Waals surface area contributed by atoms with Gasteiger partial charge in [-0.3, -0.25) is 9.10 Å². The van der Waals surface area contributed by atoms with E-state index in [0.717, 1.165) is 26.9 Å². The van der Waals surface area contributed by atoms with Crippen LogP contribution in [0.4, 0.5) is 5.69 Å². The van der Waals surface area contributed by atoms with E-state index in [1.165, 1.54) is 36.5 Å². The van der Waals surface area contributed by atoms with Gasteiger partial charge in [0.15, 0.2) is 0 Å². The summed E-state index contributed by atoms with van der Waals surface area (Å²) in [4.78, 5) is 12.9. The van der Waals surface area contributed by atoms with Crippen LogP contribution in [-0.4, -0.2) is 31.7 Å². The third-order valence-corrected chi connectivity index (χ3v) is 8.18. The molecule has 0 radical (unpaired) electrons. The zero-order valence-electron chi connectivity index (χ0n) is 20.4. The lowest BCUT2D eigenvalue weighted by atomic mass is 10.2. The number of aryl methyl sites for hydroxylation is 1. The minimum atomic E-state index is -4.11. The molecule has 0 aliphatic carbocycles. The highest BCUT2D eigenvalue weighted by Gasteiger charge is 2.27. The number of nitrogens with one attached hydrogen (secondary N) is 1. The van der Waals surface area contributed by atoms with Crippen molar-refractivity contribution in [1.82, 2.24) is 9.99 Å². The van der Waals surface area contributed by atoms with Crippen molar-refractivity contribution >= 4 is 62.6 Å². The van der Waals surface area contributed by atoms with E-state index in [1.54, 1.807) is 18.2 Å². The number of halogens is 3. The predicted octanol–water partition coefficient (Wildman–Crippen LogP) is 6.40. The van der Waals surface area contributed by atoms with E-state index in [2.05, 4.69) is 10.5 Å². The molecule has 7 nitrogen and oxygen atoms in total. The number of amides is 1. The Hall–Kier alpha value is -3.30. The molecular weight excluding hydrogens is 567 g/mol. The first-order valence-electron chi connectivity index (χ1n) is 11.4. The highest BCUT2D eigenvalue weighted by atomic mass is 35.5. The fourth-order valence-electron chi connectivity index (χ4n) is 3.96. The second-order valence-corrected chi connectivity index (χ2v) is 11.6. The fraction of sp³-hybridized carbons (Fsp3) is 0.111. The van der Waals surface area contributed by atoms with Crippen molar-refractivity contribution in [3.63, 3.8) is 0 Å². The maximum Gasteiger partial charge on any atom is 0.264 e. The standard InChI is InChI=1S/C27H23Cl3N4O3S/c1-18-12-20(19(2)34(18)24-10-8-21(28)9-11-24)16-31-32-27(35)17-33(25-14-22(29)13-23(30)15-25)38(36,37)26-6-4-3-5-7-26/h3-16H,17H2,1-2H3,(H,32,35)/b31-16-. The van der Waals surface area contributed by atoms with Crippen LogP contribution in [-0.2, 0) is 14.8 Å². The second kappa shape index (κ2) is 11.6. The van der Waals surface area contributed by atoms with Crippen molar-refractivity contribution in [2.75, 3.05) is 10.8 Å². The van der Waals surface area contributed by atoms with E-state index in [9.17, 15) is 13.2 Å². The summed E-state index contributed by atoms with van der Waals surface area (Å²) in [5.41, 5.74) is 6.17. The van der Waals surface area contributed by atoms with Crippen molar-refractivity contribution in [1.29, 1.82) is 0 Å². The van der Waals surface area contributed by atoms with Crippen LogP contribution in [0.15, 0.2) is 88.9 Å². The first-order chi connectivity index (χ1) is 18.1. The van der Waals surface area contributed by atoms with Crippen molar-refractivity contribution in [3.05, 3.63) is 111 Å². The topological polar surface area (TPSA) is 83.8 Å². The molecule has 0 atom stereocenters. The first-order valence-corrected chi connectivity index (χ1v) is 13.9. The van der Waals surface area contributed by atoms with Gasteiger partial charge >= 0.3 is 0 Å². The molecule has 1 amide bonds. The molecule has 0 unspecified atom stereocenters.